The predicted molar refractivity (Wildman–Crippen MR) is 118 cm³/mol. The standard InChI is InChI=1S/C22H28BrF2N3S/c1-13(14-5-3-2-4-6-14)26-10-9-18-19-11-15(12-28(19)22(29)27-18)20-17(24)8-7-16(23)21(20)25/h7-8,13-15,26H,2-6,9-12H2,1H3,(H,27,29)/t13-,15+/m1/s1. The maximum atomic E-state index is 14.6. The Morgan fingerprint density at radius 2 is 2.03 bits per heavy atom. The van der Waals surface area contributed by atoms with Crippen LogP contribution in [0.4, 0.5) is 8.78 Å². The lowest BCUT2D eigenvalue weighted by Gasteiger charge is -2.28. The van der Waals surface area contributed by atoms with Gasteiger partial charge in [-0.2, -0.15) is 0 Å². The normalized spacial score (nSPS) is 20.8. The Labute approximate surface area is 184 Å². The van der Waals surface area contributed by atoms with Crippen molar-refractivity contribution in [3.8, 4) is 0 Å². The monoisotopic (exact) mass is 483 g/mol. The Bertz CT molecular complexity index is 933. The molecule has 1 aliphatic heterocycles. The summed E-state index contributed by atoms with van der Waals surface area (Å²) in [6.07, 6.45) is 8.16. The average Bonchev–Trinajstić information content (AvgIpc) is 3.27. The number of halogens is 3. The molecule has 158 valence electrons. The highest BCUT2D eigenvalue weighted by Gasteiger charge is 2.31. The van der Waals surface area contributed by atoms with E-state index in [2.05, 4.69) is 33.2 Å². The molecule has 0 bridgehead atoms. The summed E-state index contributed by atoms with van der Waals surface area (Å²) in [6.45, 7) is 3.68. The zero-order chi connectivity index (χ0) is 20.5. The van der Waals surface area contributed by atoms with Crippen LogP contribution < -0.4 is 5.32 Å². The van der Waals surface area contributed by atoms with Gasteiger partial charge in [0.25, 0.3) is 0 Å². The SMILES string of the molecule is C[C@@H](NCCc1[nH]c(=S)n2c1C[C@H](c1c(F)ccc(Br)c1F)C2)C1CCCCC1. The fraction of sp³-hybridized carbons (Fsp3) is 0.591. The lowest BCUT2D eigenvalue weighted by molar-refractivity contribution is 0.282. The summed E-state index contributed by atoms with van der Waals surface area (Å²) < 4.78 is 31.9. The summed E-state index contributed by atoms with van der Waals surface area (Å²) in [5.74, 6) is -0.443. The third-order valence-corrected chi connectivity index (χ3v) is 7.64. The molecule has 3 nitrogen and oxygen atoms in total. The molecular weight excluding hydrogens is 456 g/mol. The van der Waals surface area contributed by atoms with E-state index in [1.165, 1.54) is 44.2 Å². The van der Waals surface area contributed by atoms with Gasteiger partial charge in [0.15, 0.2) is 4.77 Å². The van der Waals surface area contributed by atoms with Crippen molar-refractivity contribution < 1.29 is 8.78 Å². The fourth-order valence-corrected chi connectivity index (χ4v) is 5.70. The van der Waals surface area contributed by atoms with Crippen molar-refractivity contribution in [3.05, 3.63) is 50.0 Å². The Kier molecular flexibility index (Phi) is 6.56. The smallest absolute Gasteiger partial charge is 0.177 e. The third-order valence-electron chi connectivity index (χ3n) is 6.71. The molecular formula is C22H28BrF2N3S. The van der Waals surface area contributed by atoms with E-state index in [4.69, 9.17) is 12.2 Å². The molecule has 4 rings (SSSR count). The first-order valence-corrected chi connectivity index (χ1v) is 11.8. The van der Waals surface area contributed by atoms with Gasteiger partial charge in [-0.3, -0.25) is 0 Å². The lowest BCUT2D eigenvalue weighted by Crippen LogP contribution is -2.36. The number of aromatic amines is 1. The van der Waals surface area contributed by atoms with Crippen molar-refractivity contribution in [2.75, 3.05) is 6.54 Å². The minimum absolute atomic E-state index is 0.160. The van der Waals surface area contributed by atoms with Crippen LogP contribution in [0.2, 0.25) is 0 Å². The van der Waals surface area contributed by atoms with E-state index in [0.717, 1.165) is 30.3 Å². The average molecular weight is 484 g/mol. The van der Waals surface area contributed by atoms with Gasteiger partial charge < -0.3 is 14.9 Å². The van der Waals surface area contributed by atoms with Gasteiger partial charge in [-0.05, 0) is 72.4 Å². The van der Waals surface area contributed by atoms with Crippen molar-refractivity contribution in [3.63, 3.8) is 0 Å². The van der Waals surface area contributed by atoms with E-state index in [-0.39, 0.29) is 11.5 Å². The number of nitrogens with zero attached hydrogens (tertiary/aromatic N) is 1. The van der Waals surface area contributed by atoms with Gasteiger partial charge in [-0.25, -0.2) is 8.78 Å². The number of rotatable bonds is 6. The van der Waals surface area contributed by atoms with Crippen LogP contribution in [-0.4, -0.2) is 22.1 Å². The van der Waals surface area contributed by atoms with Gasteiger partial charge in [-0.1, -0.05) is 19.3 Å². The van der Waals surface area contributed by atoms with Gasteiger partial charge in [0.05, 0.1) is 4.47 Å². The molecule has 1 aliphatic carbocycles. The second-order valence-corrected chi connectivity index (χ2v) is 9.76. The second-order valence-electron chi connectivity index (χ2n) is 8.51. The number of aromatic nitrogens is 2. The molecule has 0 radical (unpaired) electrons. The number of benzene rings is 1. The van der Waals surface area contributed by atoms with Gasteiger partial charge in [0, 0.05) is 48.4 Å². The molecule has 2 atom stereocenters. The van der Waals surface area contributed by atoms with E-state index in [0.29, 0.717) is 28.3 Å². The van der Waals surface area contributed by atoms with Gasteiger partial charge in [0.1, 0.15) is 11.6 Å². The number of nitrogens with one attached hydrogen (secondary N) is 2. The molecule has 1 aromatic heterocycles. The summed E-state index contributed by atoms with van der Waals surface area (Å²) in [4.78, 5) is 3.32. The molecule has 7 heteroatoms. The van der Waals surface area contributed by atoms with Crippen LogP contribution >= 0.6 is 28.1 Å². The highest BCUT2D eigenvalue weighted by molar-refractivity contribution is 9.10. The van der Waals surface area contributed by atoms with E-state index in [1.807, 2.05) is 4.57 Å². The first-order chi connectivity index (χ1) is 14.0. The Balaban J connectivity index is 1.43. The molecule has 0 spiro atoms. The minimum atomic E-state index is -0.500. The maximum Gasteiger partial charge on any atom is 0.177 e. The fourth-order valence-electron chi connectivity index (χ4n) is 5.04. The second kappa shape index (κ2) is 8.98. The third kappa shape index (κ3) is 4.37. The zero-order valence-electron chi connectivity index (χ0n) is 16.7. The van der Waals surface area contributed by atoms with Crippen LogP contribution in [0.1, 0.15) is 61.9 Å². The molecule has 0 amide bonds. The van der Waals surface area contributed by atoms with Crippen LogP contribution in [0.25, 0.3) is 0 Å². The predicted octanol–water partition coefficient (Wildman–Crippen LogP) is 6.03. The van der Waals surface area contributed by atoms with E-state index in [9.17, 15) is 8.78 Å². The Hall–Kier alpha value is -1.05. The minimum Gasteiger partial charge on any atom is -0.334 e. The van der Waals surface area contributed by atoms with Crippen LogP contribution in [0.5, 0.6) is 0 Å². The quantitative estimate of drug-likeness (QED) is 0.388. The van der Waals surface area contributed by atoms with E-state index in [1.54, 1.807) is 0 Å². The van der Waals surface area contributed by atoms with Crippen LogP contribution in [-0.2, 0) is 19.4 Å². The van der Waals surface area contributed by atoms with Gasteiger partial charge >= 0.3 is 0 Å². The van der Waals surface area contributed by atoms with Crippen molar-refractivity contribution in [1.29, 1.82) is 0 Å². The van der Waals surface area contributed by atoms with Crippen molar-refractivity contribution >= 4 is 28.1 Å². The summed E-state index contributed by atoms with van der Waals surface area (Å²) in [7, 11) is 0. The molecule has 2 aliphatic rings. The van der Waals surface area contributed by atoms with Crippen molar-refractivity contribution in [2.24, 2.45) is 5.92 Å². The number of imidazole rings is 1. The van der Waals surface area contributed by atoms with Crippen LogP contribution in [0.15, 0.2) is 16.6 Å². The van der Waals surface area contributed by atoms with Gasteiger partial charge in [0.2, 0.25) is 0 Å². The van der Waals surface area contributed by atoms with Crippen LogP contribution in [0, 0.1) is 22.3 Å². The Morgan fingerprint density at radius 1 is 1.28 bits per heavy atom. The summed E-state index contributed by atoms with van der Waals surface area (Å²) in [5.41, 5.74) is 2.34. The highest BCUT2D eigenvalue weighted by Crippen LogP contribution is 2.36. The Morgan fingerprint density at radius 3 is 2.79 bits per heavy atom. The van der Waals surface area contributed by atoms with Crippen LogP contribution in [0.3, 0.4) is 0 Å². The molecule has 2 N–H and O–H groups in total. The van der Waals surface area contributed by atoms with Crippen molar-refractivity contribution in [1.82, 2.24) is 14.9 Å². The number of fused-ring (bicyclic) bond motifs is 1. The van der Waals surface area contributed by atoms with E-state index < -0.39 is 11.6 Å². The van der Waals surface area contributed by atoms with Crippen molar-refractivity contribution in [2.45, 2.75) is 70.4 Å². The first kappa shape index (κ1) is 21.2. The number of H-pyrrole nitrogens is 1. The summed E-state index contributed by atoms with van der Waals surface area (Å²) in [5, 5.41) is 3.68. The lowest BCUT2D eigenvalue weighted by atomic mass is 9.84. The molecule has 1 fully saturated rings. The van der Waals surface area contributed by atoms with E-state index >= 15 is 0 Å². The zero-order valence-corrected chi connectivity index (χ0v) is 19.1. The first-order valence-electron chi connectivity index (χ1n) is 10.6. The molecule has 1 saturated carbocycles. The molecule has 2 heterocycles. The number of hydrogen-bond acceptors (Lipinski definition) is 2. The van der Waals surface area contributed by atoms with Gasteiger partial charge in [-0.15, -0.1) is 0 Å². The molecule has 0 saturated heterocycles. The molecule has 0 unspecified atom stereocenters. The maximum absolute atomic E-state index is 14.6. The number of hydrogen-bond donors (Lipinski definition) is 2. The molecule has 29 heavy (non-hydrogen) atoms. The highest BCUT2D eigenvalue weighted by atomic mass is 79.9. The summed E-state index contributed by atoms with van der Waals surface area (Å²) >= 11 is 8.67. The molecule has 2 aromatic rings. The molecule has 1 aromatic carbocycles. The topological polar surface area (TPSA) is 32.8 Å². The summed E-state index contributed by atoms with van der Waals surface area (Å²) in [6, 6.07) is 3.26. The largest absolute Gasteiger partial charge is 0.334 e.